The second-order valence-corrected chi connectivity index (χ2v) is 5.80. The first-order chi connectivity index (χ1) is 13.7. The van der Waals surface area contributed by atoms with Crippen LogP contribution in [0.25, 0.3) is 11.3 Å². The quantitative estimate of drug-likeness (QED) is 0.606. The number of aromatic nitrogens is 2. The molecular weight excluding hydrogens is 358 g/mol. The van der Waals surface area contributed by atoms with Crippen LogP contribution in [-0.2, 0) is 0 Å². The number of methoxy groups -OCH3 is 2. The van der Waals surface area contributed by atoms with Crippen LogP contribution in [0.4, 0.5) is 0 Å². The van der Waals surface area contributed by atoms with Crippen LogP contribution in [0.1, 0.15) is 10.4 Å². The predicted molar refractivity (Wildman–Crippen MR) is 105 cm³/mol. The Hall–Kier alpha value is -3.61. The highest BCUT2D eigenvalue weighted by Gasteiger charge is 2.10. The molecule has 0 aliphatic heterocycles. The SMILES string of the molecule is COc1ccc(C(=O)NCCOc2ccc(-c3ccccc3)nn2)cc1OC. The molecule has 0 unspecified atom stereocenters. The van der Waals surface area contributed by atoms with Gasteiger partial charge in [-0.25, -0.2) is 0 Å². The molecule has 0 saturated heterocycles. The first-order valence-corrected chi connectivity index (χ1v) is 8.73. The fraction of sp³-hybridized carbons (Fsp3) is 0.190. The summed E-state index contributed by atoms with van der Waals surface area (Å²) < 4.78 is 15.9. The number of ether oxygens (including phenoxy) is 3. The second-order valence-electron chi connectivity index (χ2n) is 5.80. The predicted octanol–water partition coefficient (Wildman–Crippen LogP) is 2.97. The largest absolute Gasteiger partial charge is 0.493 e. The van der Waals surface area contributed by atoms with E-state index in [9.17, 15) is 4.79 Å². The van der Waals surface area contributed by atoms with E-state index >= 15 is 0 Å². The standard InChI is InChI=1S/C21H21N3O4/c1-26-18-10-8-16(14-19(18)27-2)21(25)22-12-13-28-20-11-9-17(23-24-20)15-6-4-3-5-7-15/h3-11,14H,12-13H2,1-2H3,(H,22,25). The topological polar surface area (TPSA) is 82.6 Å². The van der Waals surface area contributed by atoms with Crippen molar-refractivity contribution in [2.24, 2.45) is 0 Å². The highest BCUT2D eigenvalue weighted by Crippen LogP contribution is 2.27. The lowest BCUT2D eigenvalue weighted by Gasteiger charge is -2.10. The van der Waals surface area contributed by atoms with Crippen molar-refractivity contribution in [1.29, 1.82) is 0 Å². The molecule has 0 atom stereocenters. The average molecular weight is 379 g/mol. The minimum Gasteiger partial charge on any atom is -0.493 e. The molecule has 0 radical (unpaired) electrons. The van der Waals surface area contributed by atoms with E-state index in [1.165, 1.54) is 7.11 Å². The molecule has 0 aliphatic carbocycles. The highest BCUT2D eigenvalue weighted by atomic mass is 16.5. The van der Waals surface area contributed by atoms with E-state index in [4.69, 9.17) is 14.2 Å². The summed E-state index contributed by atoms with van der Waals surface area (Å²) in [6, 6.07) is 18.4. The minimum atomic E-state index is -0.227. The van der Waals surface area contributed by atoms with Crippen LogP contribution < -0.4 is 19.5 Å². The van der Waals surface area contributed by atoms with Gasteiger partial charge in [-0.2, -0.15) is 0 Å². The molecule has 0 bridgehead atoms. The van der Waals surface area contributed by atoms with Crippen molar-refractivity contribution in [2.45, 2.75) is 0 Å². The molecular formula is C21H21N3O4. The first kappa shape index (κ1) is 19.2. The third kappa shape index (κ3) is 4.76. The van der Waals surface area contributed by atoms with Gasteiger partial charge in [0.25, 0.3) is 5.91 Å². The summed E-state index contributed by atoms with van der Waals surface area (Å²) in [4.78, 5) is 12.2. The van der Waals surface area contributed by atoms with Crippen molar-refractivity contribution in [3.63, 3.8) is 0 Å². The highest BCUT2D eigenvalue weighted by molar-refractivity contribution is 5.94. The average Bonchev–Trinajstić information content (AvgIpc) is 2.77. The van der Waals surface area contributed by atoms with Crippen LogP contribution in [0, 0.1) is 0 Å². The van der Waals surface area contributed by atoms with Crippen molar-refractivity contribution < 1.29 is 19.0 Å². The molecule has 0 saturated carbocycles. The number of carbonyl (C=O) groups excluding carboxylic acids is 1. The van der Waals surface area contributed by atoms with Crippen molar-refractivity contribution in [2.75, 3.05) is 27.4 Å². The zero-order valence-electron chi connectivity index (χ0n) is 15.7. The first-order valence-electron chi connectivity index (χ1n) is 8.73. The van der Waals surface area contributed by atoms with Gasteiger partial charge in [-0.15, -0.1) is 10.2 Å². The number of hydrogen-bond donors (Lipinski definition) is 1. The maximum Gasteiger partial charge on any atom is 0.251 e. The molecule has 1 heterocycles. The molecule has 144 valence electrons. The van der Waals surface area contributed by atoms with Gasteiger partial charge in [-0.05, 0) is 24.3 Å². The van der Waals surface area contributed by atoms with Gasteiger partial charge in [-0.3, -0.25) is 4.79 Å². The third-order valence-corrected chi connectivity index (χ3v) is 3.99. The van der Waals surface area contributed by atoms with Gasteiger partial charge >= 0.3 is 0 Å². The van der Waals surface area contributed by atoms with E-state index in [1.807, 2.05) is 36.4 Å². The number of amides is 1. The van der Waals surface area contributed by atoms with Crippen molar-refractivity contribution in [3.05, 3.63) is 66.2 Å². The van der Waals surface area contributed by atoms with Gasteiger partial charge in [0.2, 0.25) is 5.88 Å². The van der Waals surface area contributed by atoms with E-state index < -0.39 is 0 Å². The molecule has 28 heavy (non-hydrogen) atoms. The van der Waals surface area contributed by atoms with Gasteiger partial charge in [0.05, 0.1) is 26.5 Å². The number of nitrogens with zero attached hydrogens (tertiary/aromatic N) is 2. The van der Waals surface area contributed by atoms with Gasteiger partial charge in [0.15, 0.2) is 11.5 Å². The van der Waals surface area contributed by atoms with Crippen molar-refractivity contribution >= 4 is 5.91 Å². The van der Waals surface area contributed by atoms with E-state index in [1.54, 1.807) is 31.4 Å². The molecule has 3 rings (SSSR count). The lowest BCUT2D eigenvalue weighted by atomic mass is 10.1. The smallest absolute Gasteiger partial charge is 0.251 e. The van der Waals surface area contributed by atoms with Crippen molar-refractivity contribution in [3.8, 4) is 28.6 Å². The van der Waals surface area contributed by atoms with Gasteiger partial charge in [0, 0.05) is 17.2 Å². The Labute approximate surface area is 163 Å². The molecule has 3 aromatic rings. The van der Waals surface area contributed by atoms with Crippen LogP contribution >= 0.6 is 0 Å². The molecule has 7 nitrogen and oxygen atoms in total. The van der Waals surface area contributed by atoms with Crippen LogP contribution in [-0.4, -0.2) is 43.5 Å². The Bertz CT molecular complexity index is 915. The molecule has 7 heteroatoms. The summed E-state index contributed by atoms with van der Waals surface area (Å²) >= 11 is 0. The molecule has 0 spiro atoms. The Morgan fingerprint density at radius 1 is 0.929 bits per heavy atom. The monoisotopic (exact) mass is 379 g/mol. The normalized spacial score (nSPS) is 10.2. The summed E-state index contributed by atoms with van der Waals surface area (Å²) in [5.41, 5.74) is 2.24. The summed E-state index contributed by atoms with van der Waals surface area (Å²) in [6.45, 7) is 0.605. The Morgan fingerprint density at radius 3 is 2.39 bits per heavy atom. The Kier molecular flexibility index (Phi) is 6.41. The minimum absolute atomic E-state index is 0.227. The lowest BCUT2D eigenvalue weighted by molar-refractivity contribution is 0.0946. The maximum absolute atomic E-state index is 12.2. The molecule has 0 aliphatic rings. The summed E-state index contributed by atoms with van der Waals surface area (Å²) in [6.07, 6.45) is 0. The molecule has 1 amide bonds. The van der Waals surface area contributed by atoms with E-state index in [-0.39, 0.29) is 12.5 Å². The Morgan fingerprint density at radius 2 is 1.71 bits per heavy atom. The summed E-state index contributed by atoms with van der Waals surface area (Å²) in [5, 5.41) is 11.0. The molecule has 1 aromatic heterocycles. The van der Waals surface area contributed by atoms with E-state index in [0.717, 1.165) is 11.3 Å². The van der Waals surface area contributed by atoms with E-state index in [0.29, 0.717) is 29.5 Å². The van der Waals surface area contributed by atoms with Crippen LogP contribution in [0.2, 0.25) is 0 Å². The van der Waals surface area contributed by atoms with E-state index in [2.05, 4.69) is 15.5 Å². The fourth-order valence-corrected chi connectivity index (χ4v) is 2.56. The number of benzene rings is 2. The number of hydrogen-bond acceptors (Lipinski definition) is 6. The van der Waals surface area contributed by atoms with Crippen LogP contribution in [0.5, 0.6) is 17.4 Å². The maximum atomic E-state index is 12.2. The van der Waals surface area contributed by atoms with Crippen molar-refractivity contribution in [1.82, 2.24) is 15.5 Å². The fourth-order valence-electron chi connectivity index (χ4n) is 2.56. The molecule has 0 fully saturated rings. The molecule has 2 aromatic carbocycles. The third-order valence-electron chi connectivity index (χ3n) is 3.99. The van der Waals surface area contributed by atoms with Gasteiger partial charge in [0.1, 0.15) is 6.61 Å². The summed E-state index contributed by atoms with van der Waals surface area (Å²) in [7, 11) is 3.07. The lowest BCUT2D eigenvalue weighted by Crippen LogP contribution is -2.28. The van der Waals surface area contributed by atoms with Crippen LogP contribution in [0.3, 0.4) is 0 Å². The summed E-state index contributed by atoms with van der Waals surface area (Å²) in [5.74, 6) is 1.25. The number of rotatable bonds is 8. The second kappa shape index (κ2) is 9.36. The van der Waals surface area contributed by atoms with Gasteiger partial charge in [-0.1, -0.05) is 30.3 Å². The zero-order valence-corrected chi connectivity index (χ0v) is 15.7. The number of carbonyl (C=O) groups is 1. The van der Waals surface area contributed by atoms with Gasteiger partial charge < -0.3 is 19.5 Å². The molecule has 1 N–H and O–H groups in total. The van der Waals surface area contributed by atoms with Crippen LogP contribution in [0.15, 0.2) is 60.7 Å². The number of nitrogens with one attached hydrogen (secondary N) is 1. The Balaban J connectivity index is 1.48. The zero-order chi connectivity index (χ0) is 19.8.